The van der Waals surface area contributed by atoms with Gasteiger partial charge in [-0.1, -0.05) is 6.07 Å². The molecule has 0 radical (unpaired) electrons. The van der Waals surface area contributed by atoms with Crippen LogP contribution in [0.3, 0.4) is 0 Å². The van der Waals surface area contributed by atoms with Crippen LogP contribution in [-0.4, -0.2) is 28.1 Å². The van der Waals surface area contributed by atoms with E-state index in [4.69, 9.17) is 10.5 Å². The Morgan fingerprint density at radius 1 is 1.16 bits per heavy atom. The maximum Gasteiger partial charge on any atom is 0.127 e. The van der Waals surface area contributed by atoms with Crippen LogP contribution in [-0.2, 0) is 6.54 Å². The van der Waals surface area contributed by atoms with Crippen LogP contribution < -0.4 is 15.4 Å². The zero-order valence-corrected chi connectivity index (χ0v) is 17.4. The highest BCUT2D eigenvalue weighted by Crippen LogP contribution is 2.35. The van der Waals surface area contributed by atoms with E-state index in [9.17, 15) is 5.26 Å². The van der Waals surface area contributed by atoms with Crippen molar-refractivity contribution in [2.45, 2.75) is 20.4 Å². The summed E-state index contributed by atoms with van der Waals surface area (Å²) >= 11 is 0. The number of nitrogens with zero attached hydrogens (tertiary/aromatic N) is 4. The first-order chi connectivity index (χ1) is 15.0. The van der Waals surface area contributed by atoms with Crippen molar-refractivity contribution >= 4 is 22.5 Å². The van der Waals surface area contributed by atoms with Gasteiger partial charge < -0.3 is 20.4 Å². The predicted molar refractivity (Wildman–Crippen MR) is 121 cm³/mol. The Labute approximate surface area is 180 Å². The van der Waals surface area contributed by atoms with E-state index in [2.05, 4.69) is 57.1 Å². The van der Waals surface area contributed by atoms with Gasteiger partial charge in [-0.05, 0) is 54.8 Å². The first kappa shape index (κ1) is 18.9. The van der Waals surface area contributed by atoms with Crippen molar-refractivity contribution in [1.82, 2.24) is 15.0 Å². The Kier molecular flexibility index (Phi) is 4.48. The largest absolute Gasteiger partial charge is 0.491 e. The highest BCUT2D eigenvalue weighted by atomic mass is 16.5. The number of ether oxygens (including phenoxy) is 1. The lowest BCUT2D eigenvalue weighted by molar-refractivity contribution is 0.329. The second kappa shape index (κ2) is 7.33. The van der Waals surface area contributed by atoms with Gasteiger partial charge in [0, 0.05) is 24.4 Å². The highest BCUT2D eigenvalue weighted by Gasteiger charge is 2.21. The molecule has 0 aliphatic carbocycles. The fourth-order valence-corrected chi connectivity index (χ4v) is 4.21. The smallest absolute Gasteiger partial charge is 0.127 e. The number of H-pyrrole nitrogens is 1. The normalized spacial score (nSPS) is 13.4. The molecule has 0 saturated heterocycles. The van der Waals surface area contributed by atoms with Gasteiger partial charge in [0.05, 0.1) is 28.8 Å². The molecule has 0 unspecified atom stereocenters. The number of imidazole rings is 1. The molecule has 3 N–H and O–H groups in total. The van der Waals surface area contributed by atoms with Gasteiger partial charge in [0.2, 0.25) is 0 Å². The van der Waals surface area contributed by atoms with Gasteiger partial charge in [0.25, 0.3) is 0 Å². The van der Waals surface area contributed by atoms with Gasteiger partial charge >= 0.3 is 0 Å². The van der Waals surface area contributed by atoms with E-state index in [-0.39, 0.29) is 0 Å². The number of nitrogens with one attached hydrogen (secondary N) is 1. The third-order valence-electron chi connectivity index (χ3n) is 5.62. The van der Waals surface area contributed by atoms with Crippen molar-refractivity contribution in [1.29, 1.82) is 5.26 Å². The number of nitrogen functional groups attached to an aromatic ring is 1. The Bertz CT molecular complexity index is 1350. The van der Waals surface area contributed by atoms with E-state index >= 15 is 0 Å². The number of aromatic nitrogens is 3. The number of aryl methyl sites for hydroxylation is 2. The molecule has 0 bridgehead atoms. The van der Waals surface area contributed by atoms with Gasteiger partial charge in [0.15, 0.2) is 0 Å². The lowest BCUT2D eigenvalue weighted by atomic mass is 9.98. The molecule has 1 aliphatic rings. The van der Waals surface area contributed by atoms with Crippen LogP contribution >= 0.6 is 0 Å². The fraction of sp³-hybridized carbons (Fsp3) is 0.208. The second-order valence-corrected chi connectivity index (χ2v) is 7.84. The van der Waals surface area contributed by atoms with Crippen molar-refractivity contribution in [3.8, 4) is 22.9 Å². The van der Waals surface area contributed by atoms with Gasteiger partial charge in [0.1, 0.15) is 30.1 Å². The van der Waals surface area contributed by atoms with Crippen LogP contribution in [0.25, 0.3) is 22.2 Å². The number of hydrogen-bond donors (Lipinski definition) is 2. The Morgan fingerprint density at radius 3 is 2.87 bits per heavy atom. The summed E-state index contributed by atoms with van der Waals surface area (Å²) in [6.07, 6.45) is 1.53. The molecule has 31 heavy (non-hydrogen) atoms. The zero-order chi connectivity index (χ0) is 21.5. The van der Waals surface area contributed by atoms with Crippen molar-refractivity contribution in [2.24, 2.45) is 0 Å². The minimum atomic E-state index is 0.396. The zero-order valence-electron chi connectivity index (χ0n) is 17.4. The molecule has 0 saturated carbocycles. The van der Waals surface area contributed by atoms with Crippen LogP contribution in [0.1, 0.15) is 22.5 Å². The molecule has 5 rings (SSSR count). The van der Waals surface area contributed by atoms with Crippen LogP contribution in [0, 0.1) is 25.2 Å². The van der Waals surface area contributed by atoms with Crippen LogP contribution in [0.5, 0.6) is 5.75 Å². The number of benzene rings is 2. The molecule has 0 spiro atoms. The second-order valence-electron chi connectivity index (χ2n) is 7.84. The topological polar surface area (TPSA) is 104 Å². The lowest BCUT2D eigenvalue weighted by Gasteiger charge is -2.23. The number of hydrogen-bond acceptors (Lipinski definition) is 6. The summed E-state index contributed by atoms with van der Waals surface area (Å²) in [5.74, 6) is 2.21. The Hall–Kier alpha value is -4.05. The quantitative estimate of drug-likeness (QED) is 0.516. The minimum absolute atomic E-state index is 0.396. The van der Waals surface area contributed by atoms with E-state index in [1.807, 2.05) is 13.0 Å². The number of nitriles is 1. The summed E-state index contributed by atoms with van der Waals surface area (Å²) in [6, 6.07) is 14.6. The van der Waals surface area contributed by atoms with Crippen molar-refractivity contribution < 1.29 is 4.74 Å². The number of aromatic amines is 1. The molecule has 2 aromatic heterocycles. The number of pyridine rings is 1. The van der Waals surface area contributed by atoms with Crippen LogP contribution in [0.4, 0.5) is 11.5 Å². The van der Waals surface area contributed by atoms with Gasteiger partial charge in [-0.2, -0.15) is 5.26 Å². The predicted octanol–water partition coefficient (Wildman–Crippen LogP) is 4.09. The standard InChI is InChI=1S/C24H22N6O/c1-14-7-17(16-3-4-20-21(9-16)29-15(2)28-20)8-18-13-30(5-6-31-24(14)18)22-10-23(26)27-12-19(22)11-25/h3-4,7-10,12H,5-6,13H2,1-2H3,(H2,26,27)(H,28,29). The summed E-state index contributed by atoms with van der Waals surface area (Å²) < 4.78 is 6.11. The number of nitrogens with two attached hydrogens (primary N) is 1. The van der Waals surface area contributed by atoms with E-state index < -0.39 is 0 Å². The van der Waals surface area contributed by atoms with Crippen LogP contribution in [0.15, 0.2) is 42.6 Å². The van der Waals surface area contributed by atoms with E-state index in [1.165, 1.54) is 6.20 Å². The molecule has 7 heteroatoms. The molecule has 0 fully saturated rings. The van der Waals surface area contributed by atoms with Crippen molar-refractivity contribution in [3.63, 3.8) is 0 Å². The van der Waals surface area contributed by atoms with E-state index in [0.29, 0.717) is 31.1 Å². The number of anilines is 2. The molecule has 1 aliphatic heterocycles. The lowest BCUT2D eigenvalue weighted by Crippen LogP contribution is -2.26. The highest BCUT2D eigenvalue weighted by molar-refractivity contribution is 5.82. The summed E-state index contributed by atoms with van der Waals surface area (Å²) in [4.78, 5) is 14.0. The average molecular weight is 410 g/mol. The van der Waals surface area contributed by atoms with Gasteiger partial charge in [-0.3, -0.25) is 0 Å². The average Bonchev–Trinajstić information content (AvgIpc) is 2.99. The summed E-state index contributed by atoms with van der Waals surface area (Å²) in [5.41, 5.74) is 13.6. The van der Waals surface area contributed by atoms with Crippen molar-refractivity contribution in [3.05, 3.63) is 65.1 Å². The van der Waals surface area contributed by atoms with Crippen LogP contribution in [0.2, 0.25) is 0 Å². The molecule has 7 nitrogen and oxygen atoms in total. The third-order valence-corrected chi connectivity index (χ3v) is 5.62. The first-order valence-electron chi connectivity index (χ1n) is 10.2. The first-order valence-corrected chi connectivity index (χ1v) is 10.2. The molecule has 0 amide bonds. The maximum atomic E-state index is 9.53. The van der Waals surface area contributed by atoms with E-state index in [0.717, 1.165) is 50.5 Å². The minimum Gasteiger partial charge on any atom is -0.491 e. The molecule has 154 valence electrons. The molecule has 3 heterocycles. The Balaban J connectivity index is 1.57. The summed E-state index contributed by atoms with van der Waals surface area (Å²) in [6.45, 7) is 5.83. The van der Waals surface area contributed by atoms with Crippen molar-refractivity contribution in [2.75, 3.05) is 23.8 Å². The van der Waals surface area contributed by atoms with E-state index in [1.54, 1.807) is 6.07 Å². The SMILES string of the molecule is Cc1nc2ccc(-c3cc(C)c4c(c3)CN(c3cc(N)ncc3C#N)CCO4)cc2[nH]1. The third kappa shape index (κ3) is 3.42. The number of fused-ring (bicyclic) bond motifs is 2. The van der Waals surface area contributed by atoms with Gasteiger partial charge in [-0.25, -0.2) is 9.97 Å². The molecular weight excluding hydrogens is 388 g/mol. The fourth-order valence-electron chi connectivity index (χ4n) is 4.21. The number of rotatable bonds is 2. The van der Waals surface area contributed by atoms with Gasteiger partial charge in [-0.15, -0.1) is 0 Å². The Morgan fingerprint density at radius 2 is 2.03 bits per heavy atom. The summed E-state index contributed by atoms with van der Waals surface area (Å²) in [5, 5.41) is 9.53. The summed E-state index contributed by atoms with van der Waals surface area (Å²) in [7, 11) is 0. The molecule has 0 atom stereocenters. The maximum absolute atomic E-state index is 9.53. The molecule has 2 aromatic carbocycles. The molecule has 4 aromatic rings. The molecular formula is C24H22N6O. The monoisotopic (exact) mass is 410 g/mol.